The Morgan fingerprint density at radius 1 is 1.22 bits per heavy atom. The van der Waals surface area contributed by atoms with Crippen LogP contribution in [0.2, 0.25) is 0 Å². The van der Waals surface area contributed by atoms with Crippen LogP contribution in [0.1, 0.15) is 29.3 Å². The maximum Gasteiger partial charge on any atom is 0.320 e. The van der Waals surface area contributed by atoms with E-state index in [4.69, 9.17) is 5.73 Å². The van der Waals surface area contributed by atoms with Crippen molar-refractivity contribution in [1.29, 1.82) is 0 Å². The van der Waals surface area contributed by atoms with E-state index in [1.807, 2.05) is 18.7 Å². The third-order valence-corrected chi connectivity index (χ3v) is 4.91. The summed E-state index contributed by atoms with van der Waals surface area (Å²) in [5.41, 5.74) is 6.00. The van der Waals surface area contributed by atoms with Crippen LogP contribution in [0.25, 0.3) is 0 Å². The van der Waals surface area contributed by atoms with Crippen LogP contribution in [0.5, 0.6) is 0 Å². The lowest BCUT2D eigenvalue weighted by atomic mass is 10.3. The minimum atomic E-state index is -0.0561. The smallest absolute Gasteiger partial charge is 0.320 e. The Labute approximate surface area is 141 Å². The van der Waals surface area contributed by atoms with Crippen LogP contribution in [0, 0.1) is 0 Å². The maximum atomic E-state index is 12.5. The quantitative estimate of drug-likeness (QED) is 0.863. The van der Waals surface area contributed by atoms with Crippen molar-refractivity contribution in [2.75, 3.05) is 45.8 Å². The van der Waals surface area contributed by atoms with E-state index in [0.29, 0.717) is 57.9 Å². The average Bonchev–Trinajstić information content (AvgIpc) is 3.04. The van der Waals surface area contributed by atoms with Gasteiger partial charge in [0.25, 0.3) is 5.91 Å². The number of carbonyl (C=O) groups excluding carboxylic acids is 2. The van der Waals surface area contributed by atoms with Crippen LogP contribution in [0.3, 0.4) is 0 Å². The number of piperazine rings is 1. The first kappa shape index (κ1) is 17.7. The van der Waals surface area contributed by atoms with Gasteiger partial charge in [-0.3, -0.25) is 4.79 Å². The minimum absolute atomic E-state index is 0.0561. The third-order valence-electron chi connectivity index (χ3n) is 4.00. The van der Waals surface area contributed by atoms with Gasteiger partial charge in [0.1, 0.15) is 5.69 Å². The van der Waals surface area contributed by atoms with E-state index in [1.165, 1.54) is 11.3 Å². The van der Waals surface area contributed by atoms with Crippen molar-refractivity contribution in [1.82, 2.24) is 19.7 Å². The lowest BCUT2D eigenvalue weighted by Crippen LogP contribution is -2.54. The number of thiazole rings is 1. The summed E-state index contributed by atoms with van der Waals surface area (Å²) in [6.07, 6.45) is 0.699. The van der Waals surface area contributed by atoms with Crippen LogP contribution in [0.15, 0.2) is 5.38 Å². The van der Waals surface area contributed by atoms with Gasteiger partial charge in [0.2, 0.25) is 0 Å². The first-order valence-corrected chi connectivity index (χ1v) is 8.96. The second-order valence-electron chi connectivity index (χ2n) is 5.40. The van der Waals surface area contributed by atoms with Gasteiger partial charge in [-0.05, 0) is 20.4 Å². The zero-order chi connectivity index (χ0) is 16.8. The topological polar surface area (TPSA) is 82.8 Å². The van der Waals surface area contributed by atoms with Gasteiger partial charge in [-0.2, -0.15) is 0 Å². The fourth-order valence-corrected chi connectivity index (χ4v) is 3.39. The van der Waals surface area contributed by atoms with Crippen LogP contribution in [-0.2, 0) is 6.42 Å². The van der Waals surface area contributed by atoms with E-state index in [2.05, 4.69) is 4.98 Å². The van der Waals surface area contributed by atoms with Crippen LogP contribution in [-0.4, -0.2) is 77.4 Å². The van der Waals surface area contributed by atoms with E-state index in [1.54, 1.807) is 15.2 Å². The zero-order valence-corrected chi connectivity index (χ0v) is 14.6. The predicted molar refractivity (Wildman–Crippen MR) is 90.7 cm³/mol. The lowest BCUT2D eigenvalue weighted by Gasteiger charge is -2.36. The molecule has 2 heterocycles. The number of amides is 3. The number of nitrogens with zero attached hydrogens (tertiary/aromatic N) is 4. The van der Waals surface area contributed by atoms with Crippen LogP contribution >= 0.6 is 11.3 Å². The second-order valence-corrected chi connectivity index (χ2v) is 6.34. The molecule has 2 rings (SSSR count). The first-order valence-electron chi connectivity index (χ1n) is 8.08. The number of urea groups is 1. The molecule has 1 aromatic rings. The van der Waals surface area contributed by atoms with Crippen molar-refractivity contribution in [3.05, 3.63) is 16.1 Å². The van der Waals surface area contributed by atoms with Gasteiger partial charge in [0.05, 0.1) is 5.01 Å². The minimum Gasteiger partial charge on any atom is -0.334 e. The van der Waals surface area contributed by atoms with Crippen molar-refractivity contribution in [3.63, 3.8) is 0 Å². The molecule has 23 heavy (non-hydrogen) atoms. The average molecular weight is 339 g/mol. The summed E-state index contributed by atoms with van der Waals surface area (Å²) in [5.74, 6) is -0.0561. The zero-order valence-electron chi connectivity index (χ0n) is 13.8. The van der Waals surface area contributed by atoms with E-state index in [0.717, 1.165) is 5.01 Å². The van der Waals surface area contributed by atoms with Crippen LogP contribution < -0.4 is 5.73 Å². The SMILES string of the molecule is CCN(CC)C(=O)N1CCN(C(=O)c2csc(CCN)n2)CC1. The Morgan fingerprint density at radius 3 is 2.39 bits per heavy atom. The van der Waals surface area contributed by atoms with Gasteiger partial charge in [-0.15, -0.1) is 11.3 Å². The number of aromatic nitrogens is 1. The molecule has 128 valence electrons. The van der Waals surface area contributed by atoms with E-state index < -0.39 is 0 Å². The normalized spacial score (nSPS) is 14.9. The second kappa shape index (κ2) is 8.26. The Hall–Kier alpha value is -1.67. The molecule has 3 amide bonds. The number of hydrogen-bond acceptors (Lipinski definition) is 5. The van der Waals surface area contributed by atoms with Crippen molar-refractivity contribution >= 4 is 23.3 Å². The third kappa shape index (κ3) is 4.20. The van der Waals surface area contributed by atoms with Crippen molar-refractivity contribution in [2.24, 2.45) is 5.73 Å². The summed E-state index contributed by atoms with van der Waals surface area (Å²) in [7, 11) is 0. The molecule has 8 heteroatoms. The van der Waals surface area contributed by atoms with E-state index in [9.17, 15) is 9.59 Å². The number of carbonyl (C=O) groups is 2. The van der Waals surface area contributed by atoms with Crippen LogP contribution in [0.4, 0.5) is 4.79 Å². The molecule has 0 spiro atoms. The highest BCUT2D eigenvalue weighted by Gasteiger charge is 2.27. The Morgan fingerprint density at radius 2 is 1.83 bits per heavy atom. The standard InChI is InChI=1S/C15H25N5O2S/c1-3-18(4-2)15(22)20-9-7-19(8-10-20)14(21)12-11-23-13(17-12)5-6-16/h11H,3-10,16H2,1-2H3. The Balaban J connectivity index is 1.90. The molecule has 0 atom stereocenters. The molecule has 0 saturated carbocycles. The predicted octanol–water partition coefficient (Wildman–Crippen LogP) is 0.864. The molecule has 0 bridgehead atoms. The summed E-state index contributed by atoms with van der Waals surface area (Å²) in [6.45, 7) is 8.14. The van der Waals surface area contributed by atoms with Gasteiger partial charge in [-0.25, -0.2) is 9.78 Å². The molecule has 0 unspecified atom stereocenters. The fourth-order valence-electron chi connectivity index (χ4n) is 2.60. The lowest BCUT2D eigenvalue weighted by molar-refractivity contribution is 0.0636. The molecule has 1 aliphatic heterocycles. The number of rotatable bonds is 5. The molecule has 1 fully saturated rings. The van der Waals surface area contributed by atoms with Gasteiger partial charge in [0, 0.05) is 51.1 Å². The van der Waals surface area contributed by atoms with Gasteiger partial charge in [-0.1, -0.05) is 0 Å². The highest BCUT2D eigenvalue weighted by atomic mass is 32.1. The molecule has 7 nitrogen and oxygen atoms in total. The number of nitrogens with two attached hydrogens (primary N) is 1. The number of hydrogen-bond donors (Lipinski definition) is 1. The Kier molecular flexibility index (Phi) is 6.35. The summed E-state index contributed by atoms with van der Waals surface area (Å²) in [4.78, 5) is 34.5. The monoisotopic (exact) mass is 339 g/mol. The summed E-state index contributed by atoms with van der Waals surface area (Å²) in [6, 6.07) is 0.0565. The summed E-state index contributed by atoms with van der Waals surface area (Å²) >= 11 is 1.47. The molecule has 1 saturated heterocycles. The molecule has 2 N–H and O–H groups in total. The molecule has 0 aliphatic carbocycles. The highest BCUT2D eigenvalue weighted by Crippen LogP contribution is 2.14. The van der Waals surface area contributed by atoms with Crippen molar-refractivity contribution < 1.29 is 9.59 Å². The largest absolute Gasteiger partial charge is 0.334 e. The van der Waals surface area contributed by atoms with E-state index in [-0.39, 0.29) is 11.9 Å². The van der Waals surface area contributed by atoms with Crippen molar-refractivity contribution in [3.8, 4) is 0 Å². The van der Waals surface area contributed by atoms with Gasteiger partial charge in [0.15, 0.2) is 0 Å². The maximum absolute atomic E-state index is 12.5. The molecular weight excluding hydrogens is 314 g/mol. The molecule has 0 radical (unpaired) electrons. The first-order chi connectivity index (χ1) is 11.1. The van der Waals surface area contributed by atoms with Crippen molar-refractivity contribution in [2.45, 2.75) is 20.3 Å². The summed E-state index contributed by atoms with van der Waals surface area (Å²) in [5, 5.41) is 2.69. The highest BCUT2D eigenvalue weighted by molar-refractivity contribution is 7.09. The molecule has 1 aliphatic rings. The summed E-state index contributed by atoms with van der Waals surface area (Å²) < 4.78 is 0. The Bertz CT molecular complexity index is 536. The molecule has 0 aromatic carbocycles. The van der Waals surface area contributed by atoms with Gasteiger partial charge >= 0.3 is 6.03 Å². The van der Waals surface area contributed by atoms with E-state index >= 15 is 0 Å². The molecular formula is C15H25N5O2S. The fraction of sp³-hybridized carbons (Fsp3) is 0.667. The molecule has 1 aromatic heterocycles. The van der Waals surface area contributed by atoms with Gasteiger partial charge < -0.3 is 20.4 Å².